The normalized spacial score (nSPS) is 23.8. The van der Waals surface area contributed by atoms with Gasteiger partial charge >= 0.3 is 0 Å². The van der Waals surface area contributed by atoms with Gasteiger partial charge in [0.2, 0.25) is 5.90 Å². The number of carbonyl (C=O) groups excluding carboxylic acids is 1. The first-order chi connectivity index (χ1) is 14.0. The highest BCUT2D eigenvalue weighted by atomic mass is 16.6. The molecule has 4 rings (SSSR count). The lowest BCUT2D eigenvalue weighted by Crippen LogP contribution is -2.36. The van der Waals surface area contributed by atoms with E-state index in [1.165, 1.54) is 18.2 Å². The minimum atomic E-state index is -1.01. The van der Waals surface area contributed by atoms with Crippen molar-refractivity contribution in [2.24, 2.45) is 5.92 Å². The molecule has 3 atom stereocenters. The van der Waals surface area contributed by atoms with E-state index < -0.39 is 16.8 Å². The van der Waals surface area contributed by atoms with Gasteiger partial charge in [-0.25, -0.2) is 0 Å². The van der Waals surface area contributed by atoms with Gasteiger partial charge in [0.1, 0.15) is 11.7 Å². The van der Waals surface area contributed by atoms with Crippen molar-refractivity contribution in [3.63, 3.8) is 0 Å². The van der Waals surface area contributed by atoms with Gasteiger partial charge in [-0.05, 0) is 17.0 Å². The van der Waals surface area contributed by atoms with Crippen LogP contribution in [0.3, 0.4) is 0 Å². The zero-order chi connectivity index (χ0) is 20.5. The van der Waals surface area contributed by atoms with Crippen LogP contribution in [-0.4, -0.2) is 16.6 Å². The van der Waals surface area contributed by atoms with Crippen LogP contribution in [0.15, 0.2) is 65.9 Å². The highest BCUT2D eigenvalue weighted by Crippen LogP contribution is 2.47. The van der Waals surface area contributed by atoms with E-state index in [2.05, 4.69) is 0 Å². The zero-order valence-electron chi connectivity index (χ0n) is 15.4. The average molecular weight is 387 g/mol. The highest BCUT2D eigenvalue weighted by molar-refractivity contribution is 6.02. The summed E-state index contributed by atoms with van der Waals surface area (Å²) in [6.07, 6.45) is 0.708. The van der Waals surface area contributed by atoms with E-state index in [1.54, 1.807) is 6.07 Å². The Labute approximate surface area is 166 Å². The van der Waals surface area contributed by atoms with Crippen LogP contribution in [0.5, 0.6) is 0 Å². The largest absolute Gasteiger partial charge is 0.446 e. The highest BCUT2D eigenvalue weighted by Gasteiger charge is 2.44. The fourth-order valence-electron chi connectivity index (χ4n) is 4.14. The first-order valence-corrected chi connectivity index (χ1v) is 9.21. The fraction of sp³-hybridized carbons (Fsp3) is 0.227. The molecule has 0 bridgehead atoms. The first-order valence-electron chi connectivity index (χ1n) is 9.21. The van der Waals surface area contributed by atoms with Gasteiger partial charge < -0.3 is 4.74 Å². The molecule has 3 unspecified atom stereocenters. The molecule has 2 aromatic carbocycles. The first kappa shape index (κ1) is 18.6. The van der Waals surface area contributed by atoms with Crippen LogP contribution >= 0.6 is 0 Å². The Morgan fingerprint density at radius 3 is 2.52 bits per heavy atom. The molecule has 0 aromatic heterocycles. The van der Waals surface area contributed by atoms with Gasteiger partial charge in [0.15, 0.2) is 5.78 Å². The third kappa shape index (κ3) is 3.29. The molecule has 1 N–H and O–H groups in total. The number of nitro benzene ring substituents is 1. The van der Waals surface area contributed by atoms with Gasteiger partial charge in [-0.15, -0.1) is 0 Å². The molecule has 29 heavy (non-hydrogen) atoms. The quantitative estimate of drug-likeness (QED) is 0.625. The number of non-ortho nitro benzene ring substituents is 1. The zero-order valence-corrected chi connectivity index (χ0v) is 15.4. The standard InChI is InChI=1S/C22H17N3O4/c23-12-17-20(14-7-4-8-16(9-14)25(27)28)21-18(26)10-15(11-19(21)29-22(17)24)13-5-2-1-3-6-13/h1-9,15,17,20,24H,10-11H2. The van der Waals surface area contributed by atoms with Crippen LogP contribution in [0.1, 0.15) is 35.8 Å². The molecule has 0 amide bonds. The molecule has 1 aliphatic heterocycles. The van der Waals surface area contributed by atoms with Crippen molar-refractivity contribution in [1.82, 2.24) is 0 Å². The SMILES string of the molecule is N#CC1C(=N)OC2=C(C(=O)CC(c3ccccc3)C2)C1c1cccc([N+](=O)[O-])c1. The Kier molecular flexibility index (Phi) is 4.69. The summed E-state index contributed by atoms with van der Waals surface area (Å²) in [5.74, 6) is -1.82. The second-order valence-corrected chi connectivity index (χ2v) is 7.18. The molecule has 7 heteroatoms. The molecule has 0 saturated carbocycles. The van der Waals surface area contributed by atoms with Gasteiger partial charge in [0.25, 0.3) is 5.69 Å². The number of Topliss-reactive ketones (excluding diaryl/α,β-unsaturated/α-hetero) is 1. The van der Waals surface area contributed by atoms with Gasteiger partial charge in [-0.3, -0.25) is 20.3 Å². The van der Waals surface area contributed by atoms with Gasteiger partial charge in [0, 0.05) is 36.5 Å². The molecule has 0 fully saturated rings. The molecule has 144 valence electrons. The predicted molar refractivity (Wildman–Crippen MR) is 104 cm³/mol. The third-order valence-electron chi connectivity index (χ3n) is 5.47. The van der Waals surface area contributed by atoms with E-state index in [9.17, 15) is 20.2 Å². The number of rotatable bonds is 3. The van der Waals surface area contributed by atoms with Crippen molar-refractivity contribution in [3.05, 3.63) is 87.2 Å². The maximum Gasteiger partial charge on any atom is 0.269 e. The molecule has 1 aliphatic carbocycles. The summed E-state index contributed by atoms with van der Waals surface area (Å²) in [4.78, 5) is 23.8. The molecule has 2 aliphatic rings. The van der Waals surface area contributed by atoms with Crippen LogP contribution in [0, 0.1) is 32.8 Å². The van der Waals surface area contributed by atoms with Crippen molar-refractivity contribution >= 4 is 17.4 Å². The summed E-state index contributed by atoms with van der Waals surface area (Å²) < 4.78 is 5.63. The Morgan fingerprint density at radius 2 is 1.83 bits per heavy atom. The number of nitro groups is 1. The topological polar surface area (TPSA) is 117 Å². The Balaban J connectivity index is 1.81. The number of hydrogen-bond donors (Lipinski definition) is 1. The van der Waals surface area contributed by atoms with Gasteiger partial charge in [0.05, 0.1) is 11.0 Å². The van der Waals surface area contributed by atoms with Crippen molar-refractivity contribution in [3.8, 4) is 6.07 Å². The molecule has 0 radical (unpaired) electrons. The number of ether oxygens (including phenoxy) is 1. The molecule has 7 nitrogen and oxygen atoms in total. The van der Waals surface area contributed by atoms with E-state index in [4.69, 9.17) is 10.1 Å². The second kappa shape index (κ2) is 7.32. The lowest BCUT2D eigenvalue weighted by Gasteiger charge is -2.36. The Morgan fingerprint density at radius 1 is 1.10 bits per heavy atom. The van der Waals surface area contributed by atoms with Crippen LogP contribution in [0.25, 0.3) is 0 Å². The summed E-state index contributed by atoms with van der Waals surface area (Å²) in [6.45, 7) is 0. The average Bonchev–Trinajstić information content (AvgIpc) is 2.73. The van der Waals surface area contributed by atoms with E-state index in [-0.39, 0.29) is 29.7 Å². The van der Waals surface area contributed by atoms with Gasteiger partial charge in [-0.1, -0.05) is 42.5 Å². The van der Waals surface area contributed by atoms with Gasteiger partial charge in [-0.2, -0.15) is 5.26 Å². The minimum Gasteiger partial charge on any atom is -0.446 e. The smallest absolute Gasteiger partial charge is 0.269 e. The molecule has 0 saturated heterocycles. The number of hydrogen-bond acceptors (Lipinski definition) is 6. The van der Waals surface area contributed by atoms with Crippen molar-refractivity contribution in [1.29, 1.82) is 10.7 Å². The number of allylic oxidation sites excluding steroid dienone is 2. The van der Waals surface area contributed by atoms with Crippen LogP contribution in [-0.2, 0) is 9.53 Å². The number of nitrogens with one attached hydrogen (secondary N) is 1. The molecular formula is C22H17N3O4. The summed E-state index contributed by atoms with van der Waals surface area (Å²) >= 11 is 0. The number of benzene rings is 2. The summed E-state index contributed by atoms with van der Waals surface area (Å²) in [5, 5.41) is 29.0. The summed E-state index contributed by atoms with van der Waals surface area (Å²) in [5.41, 5.74) is 1.72. The van der Waals surface area contributed by atoms with E-state index >= 15 is 0 Å². The second-order valence-electron chi connectivity index (χ2n) is 7.18. The summed E-state index contributed by atoms with van der Waals surface area (Å²) in [7, 11) is 0. The van der Waals surface area contributed by atoms with Crippen LogP contribution in [0.4, 0.5) is 5.69 Å². The van der Waals surface area contributed by atoms with E-state index in [1.807, 2.05) is 36.4 Å². The van der Waals surface area contributed by atoms with Crippen molar-refractivity contribution in [2.75, 3.05) is 0 Å². The maximum atomic E-state index is 13.1. The van der Waals surface area contributed by atoms with E-state index in [0.717, 1.165) is 5.56 Å². The van der Waals surface area contributed by atoms with Crippen molar-refractivity contribution in [2.45, 2.75) is 24.7 Å². The lowest BCUT2D eigenvalue weighted by atomic mass is 9.71. The predicted octanol–water partition coefficient (Wildman–Crippen LogP) is 4.23. The van der Waals surface area contributed by atoms with Crippen LogP contribution < -0.4 is 0 Å². The van der Waals surface area contributed by atoms with Crippen molar-refractivity contribution < 1.29 is 14.5 Å². The molecule has 2 aromatic rings. The minimum absolute atomic E-state index is 0.0698. The fourth-order valence-corrected chi connectivity index (χ4v) is 4.14. The molecule has 0 spiro atoms. The molecule has 1 heterocycles. The number of ketones is 1. The van der Waals surface area contributed by atoms with Crippen LogP contribution in [0.2, 0.25) is 0 Å². The lowest BCUT2D eigenvalue weighted by molar-refractivity contribution is -0.384. The Bertz CT molecular complexity index is 1080. The van der Waals surface area contributed by atoms with E-state index in [0.29, 0.717) is 23.3 Å². The summed E-state index contributed by atoms with van der Waals surface area (Å²) in [6, 6.07) is 17.6. The molecular weight excluding hydrogens is 370 g/mol. The number of nitrogens with zero attached hydrogens (tertiary/aromatic N) is 2. The number of nitriles is 1. The monoisotopic (exact) mass is 387 g/mol. The Hall–Kier alpha value is -3.79. The third-order valence-corrected chi connectivity index (χ3v) is 5.47. The maximum absolute atomic E-state index is 13.1. The number of carbonyl (C=O) groups is 1.